The Labute approximate surface area is 510 Å². The Bertz CT molecular complexity index is 1970. The zero-order chi connectivity index (χ0) is 67.8. The highest BCUT2D eigenvalue weighted by Gasteiger charge is 2.25. The average molecular weight is 1240 g/mol. The van der Waals surface area contributed by atoms with Gasteiger partial charge in [0.15, 0.2) is 6.61 Å². The first-order chi connectivity index (χ1) is 38.2. The molecule has 0 aromatic heterocycles. The molecular weight excluding hydrogens is 1130 g/mol. The van der Waals surface area contributed by atoms with Crippen LogP contribution in [0.4, 0.5) is 4.79 Å². The van der Waals surface area contributed by atoms with E-state index in [4.69, 9.17) is 59.8 Å². The lowest BCUT2D eigenvalue weighted by atomic mass is 10.2. The van der Waals surface area contributed by atoms with Gasteiger partial charge in [0.05, 0.1) is 44.9 Å². The quantitative estimate of drug-likeness (QED) is 0.0183. The van der Waals surface area contributed by atoms with E-state index >= 15 is 0 Å². The molecule has 0 bridgehead atoms. The van der Waals surface area contributed by atoms with Crippen molar-refractivity contribution in [1.29, 1.82) is 0 Å². The van der Waals surface area contributed by atoms with E-state index in [1.54, 1.807) is 62.3 Å². The van der Waals surface area contributed by atoms with Crippen molar-refractivity contribution in [2.24, 2.45) is 11.6 Å². The van der Waals surface area contributed by atoms with Gasteiger partial charge in [-0.2, -0.15) is 5.48 Å². The molecular formula is C58H110N6O22. The fraction of sp³-hybridized carbons (Fsp3) is 0.776. The molecule has 0 aliphatic heterocycles. The number of ether oxygens (including phenoxy) is 7. The van der Waals surface area contributed by atoms with Crippen LogP contribution in [0.5, 0.6) is 0 Å². The third-order valence-electron chi connectivity index (χ3n) is 8.06. The molecule has 0 heterocycles. The van der Waals surface area contributed by atoms with E-state index in [1.165, 1.54) is 4.90 Å². The highest BCUT2D eigenvalue weighted by molar-refractivity contribution is 5.82. The lowest BCUT2D eigenvalue weighted by Crippen LogP contribution is -2.41. The molecule has 3 amide bonds. The van der Waals surface area contributed by atoms with Crippen LogP contribution >= 0.6 is 0 Å². The summed E-state index contributed by atoms with van der Waals surface area (Å²) in [5, 5.41) is 19.9. The molecule has 504 valence electrons. The summed E-state index contributed by atoms with van der Waals surface area (Å²) >= 11 is 0. The molecule has 0 spiro atoms. The predicted molar refractivity (Wildman–Crippen MR) is 320 cm³/mol. The van der Waals surface area contributed by atoms with Crippen molar-refractivity contribution in [3.8, 4) is 0 Å². The van der Waals surface area contributed by atoms with Crippen LogP contribution in [0.1, 0.15) is 198 Å². The molecule has 86 heavy (non-hydrogen) atoms. The monoisotopic (exact) mass is 1240 g/mol. The van der Waals surface area contributed by atoms with Crippen molar-refractivity contribution in [3.05, 3.63) is 12.7 Å². The Morgan fingerprint density at radius 1 is 0.430 bits per heavy atom. The number of carbonyl (C=O) groups excluding carboxylic acids is 9. The summed E-state index contributed by atoms with van der Waals surface area (Å²) in [6, 6.07) is 0. The lowest BCUT2D eigenvalue weighted by Gasteiger charge is -2.25. The molecule has 0 saturated carbocycles. The summed E-state index contributed by atoms with van der Waals surface area (Å²) in [5.74, 6) is -0.528. The zero-order valence-electron chi connectivity index (χ0n) is 54.7. The van der Waals surface area contributed by atoms with Crippen LogP contribution in [0.15, 0.2) is 12.7 Å². The van der Waals surface area contributed by atoms with Crippen LogP contribution in [-0.4, -0.2) is 184 Å². The number of nitrogens with one attached hydrogen (secondary N) is 2. The molecule has 8 N–H and O–H groups in total. The SMILES string of the molecule is C.C=CC(=O)OC(C)(C)C.CC(C)(C)OC(=O)CCN.CC(C)(C)OC(=O)CCN(CCC(=O)OC(C)(C)C)C(=O)CONC(=O)OC(C)(C)C.CC(C)(C)OC(=O)CCNCCC(=O)OC(C)(C)C.NOCC(=O)N(CCC(=O)O)CCC(=O)O. The van der Waals surface area contributed by atoms with Gasteiger partial charge in [-0.3, -0.25) is 52.8 Å². The summed E-state index contributed by atoms with van der Waals surface area (Å²) in [4.78, 5) is 135. The fourth-order valence-electron chi connectivity index (χ4n) is 5.28. The van der Waals surface area contributed by atoms with Gasteiger partial charge < -0.3 is 64.2 Å². The summed E-state index contributed by atoms with van der Waals surface area (Å²) in [5.41, 5.74) is 3.47. The summed E-state index contributed by atoms with van der Waals surface area (Å²) < 4.78 is 35.6. The zero-order valence-corrected chi connectivity index (χ0v) is 54.7. The van der Waals surface area contributed by atoms with Crippen LogP contribution in [0.25, 0.3) is 0 Å². The average Bonchev–Trinajstić information content (AvgIpc) is 3.25. The molecule has 0 aliphatic rings. The third-order valence-corrected chi connectivity index (χ3v) is 8.06. The number of carbonyl (C=O) groups is 11. The van der Waals surface area contributed by atoms with E-state index in [0.29, 0.717) is 38.9 Å². The highest BCUT2D eigenvalue weighted by Crippen LogP contribution is 2.13. The number of hydroxylamine groups is 1. The van der Waals surface area contributed by atoms with Crippen molar-refractivity contribution in [2.45, 2.75) is 237 Å². The highest BCUT2D eigenvalue weighted by atomic mass is 16.7. The standard InChI is InChI=1S/C21H38N2O8.C14H27NO4.C8H14N2O6.C7H15NO2.C7H12O2.CH4/c1-19(2,3)29-16(25)10-12-23(13-11-17(26)30-20(4,5)6)15(24)14-28-22-18(27)31-21(7,8)9;1-13(2,3)18-11(16)7-9-15-10-8-12(17)19-14(4,5)6;9-16-5-6(11)10(3-1-7(12)13)4-2-8(14)15;1-7(2,3)10-6(9)4-5-8;1-5-6(8)9-7(2,3)4;/h10-14H2,1-9H3,(H,22,27);15H,7-10H2,1-6H3;1-5,9H2,(H,12,13)(H,14,15);4-5,8H2,1-3H3;5H,1H2,2-4H3;1H4. The lowest BCUT2D eigenvalue weighted by molar-refractivity contribution is -0.158. The van der Waals surface area contributed by atoms with Crippen molar-refractivity contribution < 1.29 is 106 Å². The second-order valence-electron chi connectivity index (χ2n) is 25.2. The van der Waals surface area contributed by atoms with Crippen molar-refractivity contribution in [3.63, 3.8) is 0 Å². The molecule has 0 rings (SSSR count). The van der Waals surface area contributed by atoms with Gasteiger partial charge in [0.1, 0.15) is 45.8 Å². The Morgan fingerprint density at radius 2 is 0.709 bits per heavy atom. The van der Waals surface area contributed by atoms with Crippen LogP contribution in [0, 0.1) is 0 Å². The Morgan fingerprint density at radius 3 is 0.965 bits per heavy atom. The van der Waals surface area contributed by atoms with Gasteiger partial charge in [0.25, 0.3) is 11.8 Å². The van der Waals surface area contributed by atoms with Crippen molar-refractivity contribution in [1.82, 2.24) is 20.6 Å². The largest absolute Gasteiger partial charge is 0.481 e. The van der Waals surface area contributed by atoms with E-state index in [0.717, 1.165) is 11.0 Å². The van der Waals surface area contributed by atoms with Gasteiger partial charge in [0, 0.05) is 51.9 Å². The van der Waals surface area contributed by atoms with Crippen LogP contribution in [0.2, 0.25) is 0 Å². The molecule has 0 saturated heterocycles. The molecule has 0 radical (unpaired) electrons. The number of amides is 3. The second kappa shape index (κ2) is 44.9. The third kappa shape index (κ3) is 73.6. The minimum Gasteiger partial charge on any atom is -0.481 e. The molecule has 0 aliphatic carbocycles. The van der Waals surface area contributed by atoms with E-state index < -0.39 is 88.6 Å². The van der Waals surface area contributed by atoms with E-state index in [1.807, 2.05) is 88.6 Å². The minimum atomic E-state index is -1.07. The Balaban J connectivity index is -0.000000250. The smallest absolute Gasteiger partial charge is 0.431 e. The molecule has 28 heteroatoms. The number of nitrogens with two attached hydrogens (primary N) is 2. The fourth-order valence-corrected chi connectivity index (χ4v) is 5.28. The predicted octanol–water partition coefficient (Wildman–Crippen LogP) is 6.26. The van der Waals surface area contributed by atoms with Gasteiger partial charge in [-0.15, -0.1) is 0 Å². The second-order valence-corrected chi connectivity index (χ2v) is 25.2. The maximum Gasteiger partial charge on any atom is 0.431 e. The maximum atomic E-state index is 12.5. The number of hydrogen-bond acceptors (Lipinski definition) is 23. The number of nitrogens with zero attached hydrogens (tertiary/aromatic N) is 2. The molecule has 0 aromatic rings. The summed E-state index contributed by atoms with van der Waals surface area (Å²) in [7, 11) is 0. The Hall–Kier alpha value is -6.49. The van der Waals surface area contributed by atoms with E-state index in [-0.39, 0.29) is 88.8 Å². The molecule has 28 nitrogen and oxygen atoms in total. The topological polar surface area (TPSA) is 394 Å². The number of carboxylic acids is 2. The summed E-state index contributed by atoms with van der Waals surface area (Å²) in [6.45, 7) is 41.1. The van der Waals surface area contributed by atoms with Gasteiger partial charge in [0.2, 0.25) is 0 Å². The first-order valence-corrected chi connectivity index (χ1v) is 27.5. The number of esters is 6. The summed E-state index contributed by atoms with van der Waals surface area (Å²) in [6.07, 6.45) is 0.591. The number of carboxylic acid groups (broad SMARTS) is 2. The minimum absolute atomic E-state index is 0. The maximum absolute atomic E-state index is 12.5. The van der Waals surface area contributed by atoms with Crippen molar-refractivity contribution in [2.75, 3.05) is 59.0 Å². The van der Waals surface area contributed by atoms with Crippen LogP contribution in [0.3, 0.4) is 0 Å². The van der Waals surface area contributed by atoms with Crippen molar-refractivity contribution >= 4 is 65.7 Å². The molecule has 0 aromatic carbocycles. The first-order valence-electron chi connectivity index (χ1n) is 27.5. The molecule has 0 fully saturated rings. The van der Waals surface area contributed by atoms with Crippen LogP contribution in [-0.2, 0) is 90.8 Å². The first kappa shape index (κ1) is 90.7. The van der Waals surface area contributed by atoms with Gasteiger partial charge in [-0.25, -0.2) is 15.5 Å². The Kier molecular flexibility index (Phi) is 47.3. The number of aliphatic carboxylic acids is 2. The van der Waals surface area contributed by atoms with Gasteiger partial charge >= 0.3 is 53.8 Å². The van der Waals surface area contributed by atoms with Crippen LogP contribution < -0.4 is 22.4 Å². The normalized spacial score (nSPS) is 11.2. The van der Waals surface area contributed by atoms with Gasteiger partial charge in [-0.1, -0.05) is 14.0 Å². The van der Waals surface area contributed by atoms with E-state index in [9.17, 15) is 52.7 Å². The number of hydrogen-bond donors (Lipinski definition) is 6. The van der Waals surface area contributed by atoms with E-state index in [2.05, 4.69) is 16.7 Å². The molecule has 0 unspecified atom stereocenters. The number of rotatable bonds is 26. The molecule has 0 atom stereocenters. The van der Waals surface area contributed by atoms with Gasteiger partial charge in [-0.05, 0) is 145 Å².